The number of benzene rings is 1. The summed E-state index contributed by atoms with van der Waals surface area (Å²) in [7, 11) is 0. The summed E-state index contributed by atoms with van der Waals surface area (Å²) in [4.78, 5) is 0. The van der Waals surface area contributed by atoms with E-state index in [1.807, 2.05) is 36.4 Å². The quantitative estimate of drug-likeness (QED) is 0.688. The third-order valence-corrected chi connectivity index (χ3v) is 2.66. The summed E-state index contributed by atoms with van der Waals surface area (Å²) in [6.45, 7) is 3.65. The molecular weight excluding hydrogens is 170 g/mol. The Morgan fingerprint density at radius 3 is 2.64 bits per heavy atom. The van der Waals surface area contributed by atoms with Crippen molar-refractivity contribution in [2.75, 3.05) is 0 Å². The Morgan fingerprint density at radius 1 is 1.36 bits per heavy atom. The van der Waals surface area contributed by atoms with Crippen molar-refractivity contribution in [3.05, 3.63) is 60.2 Å². The number of nitriles is 1. The van der Waals surface area contributed by atoms with Crippen molar-refractivity contribution in [2.45, 2.75) is 11.8 Å². The van der Waals surface area contributed by atoms with Gasteiger partial charge in [-0.2, -0.15) is 5.26 Å². The molecule has 1 aliphatic rings. The molecule has 0 amide bonds. The molecule has 14 heavy (non-hydrogen) atoms. The van der Waals surface area contributed by atoms with Crippen LogP contribution in [0.3, 0.4) is 0 Å². The normalized spacial score (nSPS) is 26.9. The molecule has 0 spiro atoms. The molecule has 68 valence electrons. The average molecular weight is 181 g/mol. The molecule has 1 unspecified atom stereocenters. The minimum absolute atomic E-state index is 0.352. The van der Waals surface area contributed by atoms with Crippen LogP contribution in [-0.2, 0) is 5.41 Å². The maximum atomic E-state index is 9.18. The summed E-state index contributed by atoms with van der Waals surface area (Å²) in [6.07, 6.45) is 4.53. The highest BCUT2D eigenvalue weighted by Gasteiger charge is 2.50. The van der Waals surface area contributed by atoms with Crippen LogP contribution in [0, 0.1) is 11.3 Å². The minimum Gasteiger partial charge on any atom is -0.197 e. The van der Waals surface area contributed by atoms with Gasteiger partial charge < -0.3 is 0 Å². The van der Waals surface area contributed by atoms with Gasteiger partial charge in [-0.25, -0.2) is 0 Å². The van der Waals surface area contributed by atoms with Gasteiger partial charge in [0.05, 0.1) is 6.07 Å². The van der Waals surface area contributed by atoms with Crippen molar-refractivity contribution in [3.8, 4) is 6.07 Å². The van der Waals surface area contributed by atoms with E-state index in [1.54, 1.807) is 6.08 Å². The Bertz CT molecular complexity index is 422. The standard InChI is InChI=1S/C13H11N/c1-2-6-12-9-13(12,10-14)11-7-4-3-5-8-11/h2-8H,1,9H2/b12-6+. The number of nitrogens with zero attached hydrogens (tertiary/aromatic N) is 1. The van der Waals surface area contributed by atoms with Gasteiger partial charge >= 0.3 is 0 Å². The summed E-state index contributed by atoms with van der Waals surface area (Å²) in [5, 5.41) is 9.18. The van der Waals surface area contributed by atoms with Crippen molar-refractivity contribution in [1.29, 1.82) is 5.26 Å². The number of hydrogen-bond donors (Lipinski definition) is 0. The van der Waals surface area contributed by atoms with Crippen molar-refractivity contribution in [2.24, 2.45) is 0 Å². The van der Waals surface area contributed by atoms with E-state index in [-0.39, 0.29) is 5.41 Å². The van der Waals surface area contributed by atoms with Crippen LogP contribution in [-0.4, -0.2) is 0 Å². The topological polar surface area (TPSA) is 23.8 Å². The molecule has 0 radical (unpaired) electrons. The lowest BCUT2D eigenvalue weighted by Gasteiger charge is -2.03. The molecule has 0 saturated heterocycles. The van der Waals surface area contributed by atoms with E-state index in [0.717, 1.165) is 12.0 Å². The molecule has 1 aliphatic carbocycles. The first-order valence-corrected chi connectivity index (χ1v) is 4.62. The van der Waals surface area contributed by atoms with Gasteiger partial charge in [0.1, 0.15) is 5.41 Å². The first-order chi connectivity index (χ1) is 6.83. The Hall–Kier alpha value is -1.81. The molecule has 0 bridgehead atoms. The fourth-order valence-corrected chi connectivity index (χ4v) is 1.77. The third-order valence-electron chi connectivity index (χ3n) is 2.66. The smallest absolute Gasteiger partial charge is 0.107 e. The maximum absolute atomic E-state index is 9.18. The summed E-state index contributed by atoms with van der Waals surface area (Å²) in [5.41, 5.74) is 1.91. The first-order valence-electron chi connectivity index (χ1n) is 4.62. The summed E-state index contributed by atoms with van der Waals surface area (Å²) in [6, 6.07) is 12.3. The second-order valence-corrected chi connectivity index (χ2v) is 3.49. The fourth-order valence-electron chi connectivity index (χ4n) is 1.77. The largest absolute Gasteiger partial charge is 0.197 e. The van der Waals surface area contributed by atoms with Gasteiger partial charge in [-0.3, -0.25) is 0 Å². The summed E-state index contributed by atoms with van der Waals surface area (Å²) >= 11 is 0. The van der Waals surface area contributed by atoms with Crippen LogP contribution in [0.25, 0.3) is 0 Å². The zero-order valence-corrected chi connectivity index (χ0v) is 7.90. The van der Waals surface area contributed by atoms with E-state index in [0.29, 0.717) is 0 Å². The molecule has 0 N–H and O–H groups in total. The minimum atomic E-state index is -0.352. The molecule has 1 fully saturated rings. The summed E-state index contributed by atoms with van der Waals surface area (Å²) in [5.74, 6) is 0. The molecule has 1 saturated carbocycles. The van der Waals surface area contributed by atoms with E-state index in [4.69, 9.17) is 0 Å². The van der Waals surface area contributed by atoms with Crippen LogP contribution < -0.4 is 0 Å². The molecule has 0 aliphatic heterocycles. The predicted molar refractivity (Wildman–Crippen MR) is 56.6 cm³/mol. The Morgan fingerprint density at radius 2 is 2.07 bits per heavy atom. The second-order valence-electron chi connectivity index (χ2n) is 3.49. The lowest BCUT2D eigenvalue weighted by Crippen LogP contribution is -2.02. The molecule has 1 nitrogen and oxygen atoms in total. The molecule has 1 aromatic carbocycles. The maximum Gasteiger partial charge on any atom is 0.107 e. The Labute approximate surface area is 84.0 Å². The van der Waals surface area contributed by atoms with Gasteiger partial charge in [0, 0.05) is 0 Å². The van der Waals surface area contributed by atoms with E-state index in [1.165, 1.54) is 5.57 Å². The highest BCUT2D eigenvalue weighted by atomic mass is 14.5. The third kappa shape index (κ3) is 1.16. The highest BCUT2D eigenvalue weighted by Crippen LogP contribution is 2.53. The van der Waals surface area contributed by atoms with Gasteiger partial charge in [0.2, 0.25) is 0 Å². The van der Waals surface area contributed by atoms with Gasteiger partial charge in [-0.1, -0.05) is 49.1 Å². The predicted octanol–water partition coefficient (Wildman–Crippen LogP) is 2.96. The van der Waals surface area contributed by atoms with E-state index >= 15 is 0 Å². The van der Waals surface area contributed by atoms with Crippen LogP contribution >= 0.6 is 0 Å². The zero-order chi connectivity index (χ0) is 10.0. The van der Waals surface area contributed by atoms with Crippen LogP contribution in [0.1, 0.15) is 12.0 Å². The molecule has 0 aromatic heterocycles. The fraction of sp³-hybridized carbons (Fsp3) is 0.154. The Kier molecular flexibility index (Phi) is 1.98. The van der Waals surface area contributed by atoms with Gasteiger partial charge in [0.15, 0.2) is 0 Å². The monoisotopic (exact) mass is 181 g/mol. The summed E-state index contributed by atoms with van der Waals surface area (Å²) < 4.78 is 0. The average Bonchev–Trinajstić information content (AvgIpc) is 2.95. The van der Waals surface area contributed by atoms with Crippen LogP contribution in [0.2, 0.25) is 0 Å². The van der Waals surface area contributed by atoms with Crippen LogP contribution in [0.4, 0.5) is 0 Å². The number of rotatable bonds is 2. The van der Waals surface area contributed by atoms with Crippen molar-refractivity contribution >= 4 is 0 Å². The SMILES string of the molecule is C=C/C=C1\CC1(C#N)c1ccccc1. The molecule has 1 heteroatoms. The van der Waals surface area contributed by atoms with Crippen molar-refractivity contribution < 1.29 is 0 Å². The number of allylic oxidation sites excluding steroid dienone is 3. The Balaban J connectivity index is 2.40. The second kappa shape index (κ2) is 3.16. The van der Waals surface area contributed by atoms with E-state index < -0.39 is 0 Å². The lowest BCUT2D eigenvalue weighted by molar-refractivity contribution is 0.942. The molecular formula is C13H11N. The van der Waals surface area contributed by atoms with Crippen LogP contribution in [0.15, 0.2) is 54.6 Å². The molecule has 0 heterocycles. The first kappa shape index (κ1) is 8.77. The zero-order valence-electron chi connectivity index (χ0n) is 7.90. The molecule has 1 atom stereocenters. The molecule has 2 rings (SSSR count). The van der Waals surface area contributed by atoms with Gasteiger partial charge in [0.25, 0.3) is 0 Å². The van der Waals surface area contributed by atoms with Crippen molar-refractivity contribution in [3.63, 3.8) is 0 Å². The van der Waals surface area contributed by atoms with E-state index in [9.17, 15) is 5.26 Å². The molecule has 1 aromatic rings. The van der Waals surface area contributed by atoms with E-state index in [2.05, 4.69) is 12.6 Å². The number of hydrogen-bond acceptors (Lipinski definition) is 1. The van der Waals surface area contributed by atoms with Crippen LogP contribution in [0.5, 0.6) is 0 Å². The van der Waals surface area contributed by atoms with Gasteiger partial charge in [-0.15, -0.1) is 0 Å². The van der Waals surface area contributed by atoms with Crippen molar-refractivity contribution in [1.82, 2.24) is 0 Å². The highest BCUT2D eigenvalue weighted by molar-refractivity contribution is 5.57. The lowest BCUT2D eigenvalue weighted by atomic mass is 9.97. The van der Waals surface area contributed by atoms with Gasteiger partial charge in [-0.05, 0) is 17.6 Å².